The number of hydrogen-bond acceptors (Lipinski definition) is 0. The second-order valence-corrected chi connectivity index (χ2v) is 6.46. The summed E-state index contributed by atoms with van der Waals surface area (Å²) in [6, 6.07) is 11.0. The smallest absolute Gasteiger partial charge is 0.103 e. The maximum atomic E-state index is 2.37. The Labute approximate surface area is 106 Å². The second kappa shape index (κ2) is 4.81. The summed E-state index contributed by atoms with van der Waals surface area (Å²) >= 11 is 0. The molecule has 0 aromatic heterocycles. The van der Waals surface area contributed by atoms with Crippen molar-refractivity contribution in [3.63, 3.8) is 0 Å². The molecular weight excluding hydrogens is 206 g/mol. The van der Waals surface area contributed by atoms with Gasteiger partial charge < -0.3 is 4.48 Å². The van der Waals surface area contributed by atoms with E-state index in [1.54, 1.807) is 0 Å². The molecule has 2 rings (SSSR count). The van der Waals surface area contributed by atoms with Crippen LogP contribution in [0, 0.1) is 0 Å². The third kappa shape index (κ3) is 2.71. The van der Waals surface area contributed by atoms with E-state index < -0.39 is 0 Å². The average Bonchev–Trinajstić information content (AvgIpc) is 2.30. The van der Waals surface area contributed by atoms with Gasteiger partial charge in [-0.25, -0.2) is 0 Å². The van der Waals surface area contributed by atoms with Gasteiger partial charge in [0.25, 0.3) is 0 Å². The van der Waals surface area contributed by atoms with Crippen molar-refractivity contribution in [2.75, 3.05) is 21.1 Å². The lowest BCUT2D eigenvalue weighted by Crippen LogP contribution is -2.59. The predicted molar refractivity (Wildman–Crippen MR) is 74.0 cm³/mol. The molecule has 1 nitrogen and oxygen atoms in total. The van der Waals surface area contributed by atoms with Crippen molar-refractivity contribution >= 4 is 0 Å². The SMILES string of the molecule is C[N+](C)(C)C1(Cc2ccccc2)CCCCC1. The molecule has 1 aliphatic carbocycles. The Bertz CT molecular complexity index is 342. The van der Waals surface area contributed by atoms with Crippen LogP contribution in [0.5, 0.6) is 0 Å². The van der Waals surface area contributed by atoms with Gasteiger partial charge in [-0.15, -0.1) is 0 Å². The van der Waals surface area contributed by atoms with Crippen LogP contribution in [0.1, 0.15) is 37.7 Å². The Balaban J connectivity index is 2.22. The largest absolute Gasteiger partial charge is 0.326 e. The Kier molecular flexibility index (Phi) is 3.58. The van der Waals surface area contributed by atoms with Crippen molar-refractivity contribution in [2.24, 2.45) is 0 Å². The molecule has 1 aromatic rings. The van der Waals surface area contributed by atoms with Crippen LogP contribution in [0.2, 0.25) is 0 Å². The van der Waals surface area contributed by atoms with Crippen molar-refractivity contribution in [2.45, 2.75) is 44.1 Å². The Morgan fingerprint density at radius 3 is 2.06 bits per heavy atom. The molecule has 0 atom stereocenters. The molecular formula is C16H26N+. The first-order valence-electron chi connectivity index (χ1n) is 6.89. The van der Waals surface area contributed by atoms with Crippen LogP contribution in [0.3, 0.4) is 0 Å². The Morgan fingerprint density at radius 1 is 0.941 bits per heavy atom. The first-order chi connectivity index (χ1) is 8.04. The molecule has 1 heteroatoms. The van der Waals surface area contributed by atoms with Gasteiger partial charge >= 0.3 is 0 Å². The van der Waals surface area contributed by atoms with Gasteiger partial charge in [-0.05, 0) is 18.4 Å². The molecule has 94 valence electrons. The summed E-state index contributed by atoms with van der Waals surface area (Å²) in [5.74, 6) is 0. The fourth-order valence-electron chi connectivity index (χ4n) is 3.27. The first kappa shape index (κ1) is 12.6. The van der Waals surface area contributed by atoms with E-state index in [2.05, 4.69) is 51.5 Å². The monoisotopic (exact) mass is 232 g/mol. The van der Waals surface area contributed by atoms with Gasteiger partial charge in [-0.3, -0.25) is 0 Å². The van der Waals surface area contributed by atoms with E-state index in [4.69, 9.17) is 0 Å². The van der Waals surface area contributed by atoms with Gasteiger partial charge in [0.15, 0.2) is 0 Å². The van der Waals surface area contributed by atoms with E-state index >= 15 is 0 Å². The zero-order valence-corrected chi connectivity index (χ0v) is 11.6. The molecule has 1 saturated carbocycles. The highest BCUT2D eigenvalue weighted by Crippen LogP contribution is 2.38. The third-order valence-corrected chi connectivity index (χ3v) is 4.58. The zero-order valence-electron chi connectivity index (χ0n) is 11.6. The van der Waals surface area contributed by atoms with Crippen LogP contribution < -0.4 is 0 Å². The highest BCUT2D eigenvalue weighted by Gasteiger charge is 2.43. The maximum absolute atomic E-state index is 2.37. The lowest BCUT2D eigenvalue weighted by Gasteiger charge is -2.49. The molecule has 1 fully saturated rings. The molecule has 0 saturated heterocycles. The summed E-state index contributed by atoms with van der Waals surface area (Å²) in [6.07, 6.45) is 8.23. The second-order valence-electron chi connectivity index (χ2n) is 6.46. The molecule has 0 N–H and O–H groups in total. The number of quaternary nitrogens is 1. The van der Waals surface area contributed by atoms with E-state index in [1.807, 2.05) is 0 Å². The third-order valence-electron chi connectivity index (χ3n) is 4.58. The molecule has 1 aliphatic rings. The number of rotatable bonds is 3. The van der Waals surface area contributed by atoms with Crippen LogP contribution in [0.4, 0.5) is 0 Å². The van der Waals surface area contributed by atoms with Crippen molar-refractivity contribution in [3.05, 3.63) is 35.9 Å². The minimum atomic E-state index is 0.458. The Morgan fingerprint density at radius 2 is 1.53 bits per heavy atom. The Hall–Kier alpha value is -0.820. The van der Waals surface area contributed by atoms with Crippen molar-refractivity contribution < 1.29 is 4.48 Å². The van der Waals surface area contributed by atoms with Gasteiger partial charge in [0.1, 0.15) is 5.54 Å². The van der Waals surface area contributed by atoms with Crippen molar-refractivity contribution in [1.29, 1.82) is 0 Å². The zero-order chi connectivity index (χ0) is 12.4. The highest BCUT2D eigenvalue weighted by molar-refractivity contribution is 5.17. The normalized spacial score (nSPS) is 20.2. The van der Waals surface area contributed by atoms with E-state index in [-0.39, 0.29) is 0 Å². The van der Waals surface area contributed by atoms with Gasteiger partial charge in [0.05, 0.1) is 21.1 Å². The van der Waals surface area contributed by atoms with Crippen LogP contribution in [-0.4, -0.2) is 31.2 Å². The maximum Gasteiger partial charge on any atom is 0.103 e. The van der Waals surface area contributed by atoms with Gasteiger partial charge in [0.2, 0.25) is 0 Å². The van der Waals surface area contributed by atoms with E-state index in [0.29, 0.717) is 5.54 Å². The van der Waals surface area contributed by atoms with Crippen LogP contribution in [0.15, 0.2) is 30.3 Å². The summed E-state index contributed by atoms with van der Waals surface area (Å²) in [5.41, 5.74) is 1.96. The number of likely N-dealkylation sites (N-methyl/N-ethyl adjacent to an activating group) is 1. The molecule has 0 aliphatic heterocycles. The standard InChI is InChI=1S/C16H26N/c1-17(2,3)16(12-8-5-9-13-16)14-15-10-6-4-7-11-15/h4,6-7,10-11H,5,8-9,12-14H2,1-3H3/q+1. The molecule has 0 unspecified atom stereocenters. The number of benzene rings is 1. The lowest BCUT2D eigenvalue weighted by atomic mass is 9.75. The molecule has 0 heterocycles. The van der Waals surface area contributed by atoms with Gasteiger partial charge in [0, 0.05) is 19.3 Å². The van der Waals surface area contributed by atoms with E-state index in [9.17, 15) is 0 Å². The molecule has 0 spiro atoms. The van der Waals surface area contributed by atoms with E-state index in [1.165, 1.54) is 44.1 Å². The van der Waals surface area contributed by atoms with Gasteiger partial charge in [-0.1, -0.05) is 36.8 Å². The number of nitrogens with zero attached hydrogens (tertiary/aromatic N) is 1. The fourth-order valence-corrected chi connectivity index (χ4v) is 3.27. The molecule has 1 aromatic carbocycles. The molecule has 0 amide bonds. The fraction of sp³-hybridized carbons (Fsp3) is 0.625. The average molecular weight is 232 g/mol. The lowest BCUT2D eigenvalue weighted by molar-refractivity contribution is -0.925. The minimum Gasteiger partial charge on any atom is -0.326 e. The minimum absolute atomic E-state index is 0.458. The van der Waals surface area contributed by atoms with E-state index in [0.717, 1.165) is 4.48 Å². The number of hydrogen-bond donors (Lipinski definition) is 0. The predicted octanol–water partition coefficient (Wildman–Crippen LogP) is 3.64. The van der Waals surface area contributed by atoms with Crippen molar-refractivity contribution in [3.8, 4) is 0 Å². The summed E-state index contributed by atoms with van der Waals surface area (Å²) in [4.78, 5) is 0. The van der Waals surface area contributed by atoms with Crippen LogP contribution in [-0.2, 0) is 6.42 Å². The summed E-state index contributed by atoms with van der Waals surface area (Å²) in [6.45, 7) is 0. The van der Waals surface area contributed by atoms with Crippen molar-refractivity contribution in [1.82, 2.24) is 0 Å². The van der Waals surface area contributed by atoms with Crippen LogP contribution >= 0.6 is 0 Å². The first-order valence-corrected chi connectivity index (χ1v) is 6.89. The van der Waals surface area contributed by atoms with Gasteiger partial charge in [-0.2, -0.15) is 0 Å². The molecule has 17 heavy (non-hydrogen) atoms. The summed E-state index contributed by atoms with van der Waals surface area (Å²) < 4.78 is 1.10. The topological polar surface area (TPSA) is 0 Å². The summed E-state index contributed by atoms with van der Waals surface area (Å²) in [7, 11) is 7.11. The molecule has 0 radical (unpaired) electrons. The highest BCUT2D eigenvalue weighted by atomic mass is 15.3. The quantitative estimate of drug-likeness (QED) is 0.698. The molecule has 0 bridgehead atoms. The summed E-state index contributed by atoms with van der Waals surface area (Å²) in [5, 5.41) is 0. The van der Waals surface area contributed by atoms with Crippen LogP contribution in [0.25, 0.3) is 0 Å².